The lowest BCUT2D eigenvalue weighted by molar-refractivity contribution is -0.148. The highest BCUT2D eigenvalue weighted by Crippen LogP contribution is 2.29. The number of esters is 1. The number of ether oxygens (including phenoxy) is 2. The second-order valence-corrected chi connectivity index (χ2v) is 5.98. The van der Waals surface area contributed by atoms with Crippen molar-refractivity contribution in [3.63, 3.8) is 0 Å². The smallest absolute Gasteiger partial charge is 0.416 e. The van der Waals surface area contributed by atoms with Crippen molar-refractivity contribution < 1.29 is 32.2 Å². The van der Waals surface area contributed by atoms with E-state index in [1.807, 2.05) is 24.3 Å². The molecule has 2 rings (SSSR count). The van der Waals surface area contributed by atoms with Crippen LogP contribution in [0.4, 0.5) is 13.2 Å². The van der Waals surface area contributed by atoms with Crippen LogP contribution in [0.1, 0.15) is 16.7 Å². The number of methoxy groups -OCH3 is 1. The van der Waals surface area contributed by atoms with E-state index >= 15 is 0 Å². The van der Waals surface area contributed by atoms with E-state index in [0.29, 0.717) is 13.0 Å². The predicted molar refractivity (Wildman–Crippen MR) is 95.8 cm³/mol. The van der Waals surface area contributed by atoms with Gasteiger partial charge in [-0.15, -0.1) is 0 Å². The number of alkyl halides is 3. The van der Waals surface area contributed by atoms with E-state index in [2.05, 4.69) is 5.32 Å². The molecule has 0 aromatic heterocycles. The van der Waals surface area contributed by atoms with Crippen LogP contribution in [-0.4, -0.2) is 32.1 Å². The summed E-state index contributed by atoms with van der Waals surface area (Å²) in [5.74, 6) is -0.518. The molecule has 1 N–H and O–H groups in total. The molecule has 2 aromatic rings. The van der Waals surface area contributed by atoms with Crippen LogP contribution in [0.25, 0.3) is 0 Å². The zero-order valence-electron chi connectivity index (χ0n) is 15.2. The molecule has 0 saturated heterocycles. The summed E-state index contributed by atoms with van der Waals surface area (Å²) in [6, 6.07) is 11.8. The highest BCUT2D eigenvalue weighted by atomic mass is 19.4. The minimum Gasteiger partial charge on any atom is -0.497 e. The summed E-state index contributed by atoms with van der Waals surface area (Å²) >= 11 is 0. The Morgan fingerprint density at radius 3 is 2.39 bits per heavy atom. The molecule has 0 heterocycles. The zero-order valence-corrected chi connectivity index (χ0v) is 15.2. The van der Waals surface area contributed by atoms with E-state index in [-0.39, 0.29) is 12.0 Å². The Kier molecular flexibility index (Phi) is 7.43. The Morgan fingerprint density at radius 1 is 1.04 bits per heavy atom. The van der Waals surface area contributed by atoms with Gasteiger partial charge >= 0.3 is 12.1 Å². The summed E-state index contributed by atoms with van der Waals surface area (Å²) in [4.78, 5) is 23.5. The summed E-state index contributed by atoms with van der Waals surface area (Å²) in [5.41, 5.74) is 0.330. The fourth-order valence-electron chi connectivity index (χ4n) is 2.41. The van der Waals surface area contributed by atoms with Crippen LogP contribution < -0.4 is 10.1 Å². The molecular formula is C20H20F3NO4. The monoisotopic (exact) mass is 395 g/mol. The number of carbonyl (C=O) groups is 2. The Hall–Kier alpha value is -3.03. The first-order valence-corrected chi connectivity index (χ1v) is 8.49. The van der Waals surface area contributed by atoms with Crippen LogP contribution in [0.5, 0.6) is 5.75 Å². The second kappa shape index (κ2) is 9.77. The van der Waals surface area contributed by atoms with E-state index in [1.165, 1.54) is 12.1 Å². The molecule has 150 valence electrons. The van der Waals surface area contributed by atoms with Crippen LogP contribution in [0.3, 0.4) is 0 Å². The summed E-state index contributed by atoms with van der Waals surface area (Å²) in [6.45, 7) is -0.128. The quantitative estimate of drug-likeness (QED) is 0.698. The van der Waals surface area contributed by atoms with Gasteiger partial charge in [0.1, 0.15) is 5.75 Å². The number of carbonyl (C=O) groups excluding carboxylic acids is 2. The van der Waals surface area contributed by atoms with Gasteiger partial charge in [-0.25, -0.2) is 0 Å². The molecule has 0 aliphatic rings. The van der Waals surface area contributed by atoms with Crippen LogP contribution in [0.15, 0.2) is 48.5 Å². The van der Waals surface area contributed by atoms with Crippen molar-refractivity contribution in [2.45, 2.75) is 19.0 Å². The Balaban J connectivity index is 1.71. The number of benzene rings is 2. The average Bonchev–Trinajstić information content (AvgIpc) is 2.66. The van der Waals surface area contributed by atoms with Gasteiger partial charge in [-0.1, -0.05) is 30.3 Å². The lowest BCUT2D eigenvalue weighted by Gasteiger charge is -2.09. The van der Waals surface area contributed by atoms with Gasteiger partial charge in [0.05, 0.1) is 19.1 Å². The molecule has 0 fully saturated rings. The van der Waals surface area contributed by atoms with E-state index in [0.717, 1.165) is 23.4 Å². The van der Waals surface area contributed by atoms with Crippen molar-refractivity contribution in [2.75, 3.05) is 20.3 Å². The number of hydrogen-bond acceptors (Lipinski definition) is 4. The topological polar surface area (TPSA) is 64.6 Å². The molecule has 2 aromatic carbocycles. The SMILES string of the molecule is COc1ccc(CCNC(=O)COC(=O)Cc2cccc(C(F)(F)F)c2)cc1. The molecule has 0 atom stereocenters. The molecule has 28 heavy (non-hydrogen) atoms. The fraction of sp³-hybridized carbons (Fsp3) is 0.300. The Bertz CT molecular complexity index is 804. The lowest BCUT2D eigenvalue weighted by atomic mass is 10.1. The van der Waals surface area contributed by atoms with Gasteiger partial charge in [-0.3, -0.25) is 9.59 Å². The standard InChI is InChI=1S/C20H20F3NO4/c1-27-17-7-5-14(6-8-17)9-10-24-18(25)13-28-19(26)12-15-3-2-4-16(11-15)20(21,22)23/h2-8,11H,9-10,12-13H2,1H3,(H,24,25). The number of hydrogen-bond donors (Lipinski definition) is 1. The molecule has 0 spiro atoms. The molecule has 1 amide bonds. The summed E-state index contributed by atoms with van der Waals surface area (Å²) in [7, 11) is 1.57. The van der Waals surface area contributed by atoms with Gasteiger partial charge in [-0.2, -0.15) is 13.2 Å². The van der Waals surface area contributed by atoms with Gasteiger partial charge in [0.25, 0.3) is 5.91 Å². The second-order valence-electron chi connectivity index (χ2n) is 5.98. The van der Waals surface area contributed by atoms with Crippen LogP contribution in [-0.2, 0) is 33.3 Å². The average molecular weight is 395 g/mol. The molecule has 0 bridgehead atoms. The van der Waals surface area contributed by atoms with Gasteiger partial charge in [0.15, 0.2) is 6.61 Å². The summed E-state index contributed by atoms with van der Waals surface area (Å²) in [6.07, 6.45) is -4.24. The summed E-state index contributed by atoms with van der Waals surface area (Å²) < 4.78 is 47.9. The number of nitrogens with one attached hydrogen (secondary N) is 1. The highest BCUT2D eigenvalue weighted by molar-refractivity contribution is 5.81. The third-order valence-corrected chi connectivity index (χ3v) is 3.86. The van der Waals surface area contributed by atoms with E-state index in [9.17, 15) is 22.8 Å². The molecule has 0 aliphatic carbocycles. The third kappa shape index (κ3) is 6.94. The number of amides is 1. The van der Waals surface area contributed by atoms with Gasteiger partial charge in [0, 0.05) is 6.54 Å². The van der Waals surface area contributed by atoms with E-state index in [1.54, 1.807) is 7.11 Å². The largest absolute Gasteiger partial charge is 0.497 e. The van der Waals surface area contributed by atoms with E-state index < -0.39 is 30.2 Å². The van der Waals surface area contributed by atoms with Gasteiger partial charge in [0.2, 0.25) is 0 Å². The number of rotatable bonds is 8. The molecule has 0 radical (unpaired) electrons. The van der Waals surface area contributed by atoms with Crippen LogP contribution >= 0.6 is 0 Å². The lowest BCUT2D eigenvalue weighted by Crippen LogP contribution is -2.30. The first kappa shape index (κ1) is 21.3. The van der Waals surface area contributed by atoms with Crippen LogP contribution in [0, 0.1) is 0 Å². The van der Waals surface area contributed by atoms with Crippen molar-refractivity contribution >= 4 is 11.9 Å². The predicted octanol–water partition coefficient (Wildman–Crippen LogP) is 3.16. The number of halogens is 3. The maximum Gasteiger partial charge on any atom is 0.416 e. The minimum absolute atomic E-state index is 0.166. The Labute approximate surface area is 160 Å². The van der Waals surface area contributed by atoms with Crippen molar-refractivity contribution in [1.82, 2.24) is 5.32 Å². The maximum atomic E-state index is 12.7. The molecule has 5 nitrogen and oxygen atoms in total. The van der Waals surface area contributed by atoms with Gasteiger partial charge < -0.3 is 14.8 Å². The fourth-order valence-corrected chi connectivity index (χ4v) is 2.41. The molecule has 8 heteroatoms. The van der Waals surface area contributed by atoms with E-state index in [4.69, 9.17) is 9.47 Å². The van der Waals surface area contributed by atoms with Crippen LogP contribution in [0.2, 0.25) is 0 Å². The molecule has 0 aliphatic heterocycles. The molecule has 0 unspecified atom stereocenters. The highest BCUT2D eigenvalue weighted by Gasteiger charge is 2.30. The minimum atomic E-state index is -4.48. The molecular weight excluding hydrogens is 375 g/mol. The summed E-state index contributed by atoms with van der Waals surface area (Å²) in [5, 5.41) is 2.61. The van der Waals surface area contributed by atoms with Crippen molar-refractivity contribution in [3.05, 3.63) is 65.2 Å². The van der Waals surface area contributed by atoms with Gasteiger partial charge in [-0.05, 0) is 35.7 Å². The normalized spacial score (nSPS) is 11.0. The maximum absolute atomic E-state index is 12.7. The Morgan fingerprint density at radius 2 is 1.75 bits per heavy atom. The first-order valence-electron chi connectivity index (χ1n) is 8.49. The molecule has 0 saturated carbocycles. The van der Waals surface area contributed by atoms with Crippen molar-refractivity contribution in [3.8, 4) is 5.75 Å². The zero-order chi connectivity index (χ0) is 20.6. The first-order chi connectivity index (χ1) is 13.3. The van der Waals surface area contributed by atoms with Crippen molar-refractivity contribution in [2.24, 2.45) is 0 Å². The van der Waals surface area contributed by atoms with Crippen molar-refractivity contribution in [1.29, 1.82) is 0 Å². The third-order valence-electron chi connectivity index (χ3n) is 3.86.